The lowest BCUT2D eigenvalue weighted by Crippen LogP contribution is -2.53. The van der Waals surface area contributed by atoms with E-state index in [1.807, 2.05) is 34.6 Å². The van der Waals surface area contributed by atoms with Crippen LogP contribution in [0.15, 0.2) is 47.6 Å². The molecule has 0 radical (unpaired) electrons. The minimum Gasteiger partial charge on any atom is -0.497 e. The molecule has 234 valence electrons. The van der Waals surface area contributed by atoms with Crippen molar-refractivity contribution < 1.29 is 32.2 Å². The van der Waals surface area contributed by atoms with Crippen LogP contribution in [0.25, 0.3) is 0 Å². The van der Waals surface area contributed by atoms with Crippen molar-refractivity contribution in [3.05, 3.63) is 53.3 Å². The van der Waals surface area contributed by atoms with E-state index in [0.717, 1.165) is 15.8 Å². The third-order valence-corrected chi connectivity index (χ3v) is 9.75. The summed E-state index contributed by atoms with van der Waals surface area (Å²) >= 11 is 7.57. The van der Waals surface area contributed by atoms with Crippen molar-refractivity contribution in [2.24, 2.45) is 5.41 Å². The summed E-state index contributed by atoms with van der Waals surface area (Å²) in [4.78, 5) is 18.4. The number of rotatable bonds is 9. The van der Waals surface area contributed by atoms with E-state index >= 15 is 0 Å². The van der Waals surface area contributed by atoms with Gasteiger partial charge in [0.25, 0.3) is 10.0 Å². The van der Waals surface area contributed by atoms with Gasteiger partial charge in [0.1, 0.15) is 35.3 Å². The first-order chi connectivity index (χ1) is 20.1. The minimum atomic E-state index is -4.13. The minimum absolute atomic E-state index is 0.0356. The zero-order valence-corrected chi connectivity index (χ0v) is 27.7. The third-order valence-electron chi connectivity index (χ3n) is 6.91. The lowest BCUT2D eigenvalue weighted by atomic mass is 9.81. The van der Waals surface area contributed by atoms with Gasteiger partial charge >= 0.3 is 6.09 Å². The predicted molar refractivity (Wildman–Crippen MR) is 165 cm³/mol. The molecule has 1 fully saturated rings. The molecule has 0 spiro atoms. The number of carbonyl (C=O) groups is 1. The molecular weight excluding hydrogens is 616 g/mol. The van der Waals surface area contributed by atoms with Gasteiger partial charge in [-0.15, -0.1) is 0 Å². The van der Waals surface area contributed by atoms with Crippen LogP contribution in [0.5, 0.6) is 17.2 Å². The molecule has 1 atom stereocenters. The van der Waals surface area contributed by atoms with Crippen molar-refractivity contribution in [3.63, 3.8) is 0 Å². The van der Waals surface area contributed by atoms with Crippen LogP contribution in [0.2, 0.25) is 5.02 Å². The topological polar surface area (TPSA) is 120 Å². The van der Waals surface area contributed by atoms with E-state index in [2.05, 4.69) is 9.36 Å². The van der Waals surface area contributed by atoms with Crippen molar-refractivity contribution in [2.75, 3.05) is 31.6 Å². The molecule has 14 heteroatoms. The molecule has 2 heterocycles. The SMILES string of the molecule is COc1ccc(CN(c2ncns2)S(=O)(=O)c2ccc(OC3CCN(C(=O)OC(C)(C)C)CC3(C)C)c(Cl)c2)c(OC)c1. The molecule has 11 nitrogen and oxygen atoms in total. The lowest BCUT2D eigenvalue weighted by molar-refractivity contribution is -0.0280. The molecule has 3 aromatic rings. The summed E-state index contributed by atoms with van der Waals surface area (Å²) in [5, 5.41) is 0.332. The van der Waals surface area contributed by atoms with Crippen LogP contribution in [-0.2, 0) is 21.3 Å². The number of amides is 1. The van der Waals surface area contributed by atoms with Gasteiger partial charge in [-0.25, -0.2) is 22.5 Å². The van der Waals surface area contributed by atoms with Gasteiger partial charge in [0.05, 0.1) is 30.7 Å². The fourth-order valence-electron chi connectivity index (χ4n) is 4.73. The monoisotopic (exact) mass is 652 g/mol. The predicted octanol–water partition coefficient (Wildman–Crippen LogP) is 6.02. The van der Waals surface area contributed by atoms with Crippen molar-refractivity contribution in [2.45, 2.75) is 64.2 Å². The molecule has 1 unspecified atom stereocenters. The van der Waals surface area contributed by atoms with Crippen molar-refractivity contribution in [1.29, 1.82) is 0 Å². The van der Waals surface area contributed by atoms with Gasteiger partial charge in [-0.1, -0.05) is 25.4 Å². The second kappa shape index (κ2) is 12.7. The number of halogens is 1. The Bertz CT molecular complexity index is 1540. The average molecular weight is 653 g/mol. The van der Waals surface area contributed by atoms with Crippen molar-refractivity contribution >= 4 is 44.4 Å². The zero-order chi connectivity index (χ0) is 31.6. The fraction of sp³-hybridized carbons (Fsp3) is 0.483. The molecule has 4 rings (SSSR count). The van der Waals surface area contributed by atoms with Crippen LogP contribution < -0.4 is 18.5 Å². The maximum Gasteiger partial charge on any atom is 0.410 e. The number of benzene rings is 2. The first-order valence-electron chi connectivity index (χ1n) is 13.6. The fourth-order valence-corrected chi connectivity index (χ4v) is 7.17. The maximum atomic E-state index is 14.0. The molecule has 1 amide bonds. The van der Waals surface area contributed by atoms with Gasteiger partial charge in [0.15, 0.2) is 0 Å². The molecule has 0 saturated carbocycles. The lowest BCUT2D eigenvalue weighted by Gasteiger charge is -2.44. The van der Waals surface area contributed by atoms with E-state index in [0.29, 0.717) is 42.3 Å². The van der Waals surface area contributed by atoms with E-state index in [9.17, 15) is 13.2 Å². The maximum absolute atomic E-state index is 14.0. The molecule has 1 aliphatic heterocycles. The average Bonchev–Trinajstić information content (AvgIpc) is 3.46. The highest BCUT2D eigenvalue weighted by atomic mass is 35.5. The van der Waals surface area contributed by atoms with Gasteiger partial charge in [-0.3, -0.25) is 0 Å². The van der Waals surface area contributed by atoms with E-state index < -0.39 is 21.0 Å². The molecule has 43 heavy (non-hydrogen) atoms. The zero-order valence-electron chi connectivity index (χ0n) is 25.3. The molecule has 1 aromatic heterocycles. The summed E-state index contributed by atoms with van der Waals surface area (Å²) in [6, 6.07) is 9.53. The summed E-state index contributed by atoms with van der Waals surface area (Å²) in [5.41, 5.74) is -0.403. The summed E-state index contributed by atoms with van der Waals surface area (Å²) in [7, 11) is -1.09. The summed E-state index contributed by atoms with van der Waals surface area (Å²) in [5.74, 6) is 1.39. The summed E-state index contributed by atoms with van der Waals surface area (Å²) < 4.78 is 55.7. The quantitative estimate of drug-likeness (QED) is 0.273. The number of hydrogen-bond acceptors (Lipinski definition) is 10. The van der Waals surface area contributed by atoms with Gasteiger partial charge in [-0.2, -0.15) is 4.37 Å². The number of ether oxygens (including phenoxy) is 4. The normalized spacial score (nSPS) is 16.8. The number of likely N-dealkylation sites (tertiary alicyclic amines) is 1. The Hall–Kier alpha value is -3.29. The first-order valence-corrected chi connectivity index (χ1v) is 16.2. The molecule has 2 aromatic carbocycles. The van der Waals surface area contributed by atoms with Crippen LogP contribution in [0.1, 0.15) is 46.6 Å². The number of aromatic nitrogens is 2. The first kappa shape index (κ1) is 32.6. The number of piperidine rings is 1. The van der Waals surface area contributed by atoms with Crippen LogP contribution in [-0.4, -0.2) is 67.8 Å². The Morgan fingerprint density at radius 2 is 1.88 bits per heavy atom. The van der Waals surface area contributed by atoms with Crippen LogP contribution >= 0.6 is 23.1 Å². The third kappa shape index (κ3) is 7.63. The van der Waals surface area contributed by atoms with E-state index in [-0.39, 0.29) is 33.8 Å². The largest absolute Gasteiger partial charge is 0.497 e. The second-order valence-electron chi connectivity index (χ2n) is 11.8. The van der Waals surface area contributed by atoms with Gasteiger partial charge < -0.3 is 23.8 Å². The Kier molecular flexibility index (Phi) is 9.67. The second-order valence-corrected chi connectivity index (χ2v) is 14.8. The smallest absolute Gasteiger partial charge is 0.410 e. The number of carbonyl (C=O) groups excluding carboxylic acids is 1. The highest BCUT2D eigenvalue weighted by molar-refractivity contribution is 7.93. The van der Waals surface area contributed by atoms with Gasteiger partial charge in [0.2, 0.25) is 5.13 Å². The van der Waals surface area contributed by atoms with Gasteiger partial charge in [0, 0.05) is 48.1 Å². The van der Waals surface area contributed by atoms with Crippen LogP contribution in [0.4, 0.5) is 9.93 Å². The summed E-state index contributed by atoms with van der Waals surface area (Å²) in [6.07, 6.45) is 1.22. The molecule has 0 aliphatic carbocycles. The van der Waals surface area contributed by atoms with Crippen molar-refractivity contribution in [3.8, 4) is 17.2 Å². The highest BCUT2D eigenvalue weighted by Crippen LogP contribution is 2.38. The highest BCUT2D eigenvalue weighted by Gasteiger charge is 2.41. The van der Waals surface area contributed by atoms with Gasteiger partial charge in [-0.05, 0) is 51.1 Å². The molecule has 1 saturated heterocycles. The van der Waals surface area contributed by atoms with E-state index in [1.54, 1.807) is 29.2 Å². The number of sulfonamides is 1. The van der Waals surface area contributed by atoms with E-state index in [1.165, 1.54) is 32.7 Å². The number of anilines is 1. The van der Waals surface area contributed by atoms with Crippen LogP contribution in [0, 0.1) is 5.41 Å². The molecular formula is C29H37ClN4O7S2. The molecule has 0 N–H and O–H groups in total. The Labute approximate surface area is 261 Å². The van der Waals surface area contributed by atoms with Crippen molar-refractivity contribution in [1.82, 2.24) is 14.3 Å². The number of hydrogen-bond donors (Lipinski definition) is 0. The molecule has 0 bridgehead atoms. The summed E-state index contributed by atoms with van der Waals surface area (Å²) in [6.45, 7) is 10.3. The number of methoxy groups -OCH3 is 2. The van der Waals surface area contributed by atoms with E-state index in [4.69, 9.17) is 30.5 Å². The Balaban J connectivity index is 1.55. The number of nitrogens with zero attached hydrogens (tertiary/aromatic N) is 4. The Morgan fingerprint density at radius 3 is 2.47 bits per heavy atom. The standard InChI is InChI=1S/C29H37ClN4O7S2/c1-28(2,3)41-27(35)33-13-12-25(29(4,5)17-33)40-23-11-10-21(15-22(23)30)43(36,37)34(26-31-18-32-42-26)16-19-8-9-20(38-6)14-24(19)39-7/h8-11,14-15,18,25H,12-13,16-17H2,1-7H3. The Morgan fingerprint density at radius 1 is 1.14 bits per heavy atom. The van der Waals surface area contributed by atoms with Crippen LogP contribution in [0.3, 0.4) is 0 Å². The molecule has 1 aliphatic rings.